The van der Waals surface area contributed by atoms with Gasteiger partial charge in [0.15, 0.2) is 0 Å². The van der Waals surface area contributed by atoms with Crippen LogP contribution < -0.4 is 5.32 Å². The molecular formula is C18H24ClNS. The average Bonchev–Trinajstić information content (AvgIpc) is 2.85. The summed E-state index contributed by atoms with van der Waals surface area (Å²) in [4.78, 5) is 1.28. The van der Waals surface area contributed by atoms with Crippen LogP contribution in [0.3, 0.4) is 0 Å². The van der Waals surface area contributed by atoms with Crippen LogP contribution in [0.2, 0.25) is 4.34 Å². The van der Waals surface area contributed by atoms with Crippen molar-refractivity contribution in [1.82, 2.24) is 5.32 Å². The van der Waals surface area contributed by atoms with E-state index in [1.165, 1.54) is 16.0 Å². The van der Waals surface area contributed by atoms with Gasteiger partial charge < -0.3 is 5.32 Å². The zero-order valence-electron chi connectivity index (χ0n) is 13.2. The van der Waals surface area contributed by atoms with Crippen LogP contribution in [0, 0.1) is 0 Å². The van der Waals surface area contributed by atoms with E-state index in [0.717, 1.165) is 17.3 Å². The van der Waals surface area contributed by atoms with Crippen molar-refractivity contribution in [2.24, 2.45) is 0 Å². The summed E-state index contributed by atoms with van der Waals surface area (Å²) < 4.78 is 0.849. The Bertz CT molecular complexity index is 583. The van der Waals surface area contributed by atoms with Crippen molar-refractivity contribution in [1.29, 1.82) is 0 Å². The number of thiophene rings is 1. The molecule has 1 aromatic carbocycles. The van der Waals surface area contributed by atoms with Gasteiger partial charge >= 0.3 is 0 Å². The first kappa shape index (κ1) is 16.5. The van der Waals surface area contributed by atoms with E-state index in [1.54, 1.807) is 11.3 Å². The number of nitrogens with one attached hydrogen (secondary N) is 1. The third-order valence-electron chi connectivity index (χ3n) is 3.56. The van der Waals surface area contributed by atoms with Gasteiger partial charge in [-0.2, -0.15) is 0 Å². The Morgan fingerprint density at radius 3 is 2.43 bits per heavy atom. The molecule has 0 aliphatic carbocycles. The lowest BCUT2D eigenvalue weighted by molar-refractivity contribution is 0.551. The summed E-state index contributed by atoms with van der Waals surface area (Å²) in [7, 11) is 0. The Labute approximate surface area is 137 Å². The fourth-order valence-corrected chi connectivity index (χ4v) is 3.72. The lowest BCUT2D eigenvalue weighted by Gasteiger charge is -2.27. The minimum absolute atomic E-state index is 0.129. The summed E-state index contributed by atoms with van der Waals surface area (Å²) in [5.74, 6) is 0. The van der Waals surface area contributed by atoms with Crippen molar-refractivity contribution in [2.75, 3.05) is 6.54 Å². The molecule has 0 saturated carbocycles. The van der Waals surface area contributed by atoms with Crippen LogP contribution in [-0.4, -0.2) is 6.54 Å². The third-order valence-corrected chi connectivity index (χ3v) is 4.85. The molecule has 2 aromatic rings. The molecule has 3 heteroatoms. The van der Waals surface area contributed by atoms with Crippen molar-refractivity contribution in [3.8, 4) is 0 Å². The van der Waals surface area contributed by atoms with Gasteiger partial charge in [0, 0.05) is 4.88 Å². The Balaban J connectivity index is 2.46. The van der Waals surface area contributed by atoms with E-state index in [4.69, 9.17) is 11.6 Å². The second-order valence-corrected chi connectivity index (χ2v) is 8.11. The molecule has 0 spiro atoms. The van der Waals surface area contributed by atoms with Crippen LogP contribution in [0.4, 0.5) is 0 Å². The van der Waals surface area contributed by atoms with Crippen LogP contribution >= 0.6 is 22.9 Å². The fraction of sp³-hybridized carbons (Fsp3) is 0.444. The maximum atomic E-state index is 6.15. The highest BCUT2D eigenvalue weighted by molar-refractivity contribution is 7.16. The minimum atomic E-state index is 0.129. The molecular weight excluding hydrogens is 298 g/mol. The van der Waals surface area contributed by atoms with Crippen molar-refractivity contribution < 1.29 is 0 Å². The molecule has 0 fully saturated rings. The smallest absolute Gasteiger partial charge is 0.0931 e. The monoisotopic (exact) mass is 321 g/mol. The Morgan fingerprint density at radius 1 is 1.14 bits per heavy atom. The Morgan fingerprint density at radius 2 is 1.86 bits per heavy atom. The second kappa shape index (κ2) is 6.95. The molecule has 1 atom stereocenters. The molecule has 0 saturated heterocycles. The van der Waals surface area contributed by atoms with E-state index in [0.29, 0.717) is 0 Å². The number of hydrogen-bond donors (Lipinski definition) is 1. The lowest BCUT2D eigenvalue weighted by Crippen LogP contribution is -2.26. The van der Waals surface area contributed by atoms with Crippen molar-refractivity contribution >= 4 is 22.9 Å². The van der Waals surface area contributed by atoms with Gasteiger partial charge in [0.2, 0.25) is 0 Å². The van der Waals surface area contributed by atoms with E-state index in [9.17, 15) is 0 Å². The fourth-order valence-electron chi connectivity index (χ4n) is 2.57. The van der Waals surface area contributed by atoms with Crippen LogP contribution in [0.15, 0.2) is 36.4 Å². The average molecular weight is 322 g/mol. The zero-order chi connectivity index (χ0) is 15.5. The highest BCUT2D eigenvalue weighted by Gasteiger charge is 2.24. The maximum Gasteiger partial charge on any atom is 0.0931 e. The molecule has 1 heterocycles. The predicted octanol–water partition coefficient (Wildman–Crippen LogP) is 5.79. The van der Waals surface area contributed by atoms with E-state index in [1.807, 2.05) is 6.07 Å². The molecule has 1 unspecified atom stereocenters. The molecule has 0 amide bonds. The molecule has 1 aromatic heterocycles. The normalized spacial score (nSPS) is 13.4. The standard InChI is InChI=1S/C18H24ClNS/c1-5-12-20-17(15-10-11-16(19)21-15)13-8-6-7-9-14(13)18(2,3)4/h6-11,17,20H,5,12H2,1-4H3. The maximum absolute atomic E-state index is 6.15. The summed E-state index contributed by atoms with van der Waals surface area (Å²) in [6.45, 7) is 10.00. The molecule has 0 bridgehead atoms. The minimum Gasteiger partial charge on any atom is -0.306 e. The quantitative estimate of drug-likeness (QED) is 0.735. The van der Waals surface area contributed by atoms with Gasteiger partial charge in [-0.05, 0) is 41.6 Å². The summed E-state index contributed by atoms with van der Waals surface area (Å²) in [6, 6.07) is 13.1. The summed E-state index contributed by atoms with van der Waals surface area (Å²) in [5.41, 5.74) is 2.88. The topological polar surface area (TPSA) is 12.0 Å². The van der Waals surface area contributed by atoms with Gasteiger partial charge in [0.25, 0.3) is 0 Å². The third kappa shape index (κ3) is 4.09. The molecule has 1 nitrogen and oxygen atoms in total. The van der Waals surface area contributed by atoms with E-state index in [2.05, 4.69) is 63.3 Å². The largest absolute Gasteiger partial charge is 0.306 e. The Hall–Kier alpha value is -0.830. The van der Waals surface area contributed by atoms with Gasteiger partial charge in [0.05, 0.1) is 10.4 Å². The molecule has 0 aliphatic rings. The Kier molecular flexibility index (Phi) is 5.48. The first-order valence-electron chi connectivity index (χ1n) is 7.51. The highest BCUT2D eigenvalue weighted by Crippen LogP contribution is 2.36. The SMILES string of the molecule is CCCNC(c1ccc(Cl)s1)c1ccccc1C(C)(C)C. The van der Waals surface area contributed by atoms with E-state index >= 15 is 0 Å². The molecule has 0 aliphatic heterocycles. The summed E-state index contributed by atoms with van der Waals surface area (Å²) in [6.07, 6.45) is 1.12. The van der Waals surface area contributed by atoms with Crippen molar-refractivity contribution in [2.45, 2.75) is 45.6 Å². The molecule has 1 N–H and O–H groups in total. The second-order valence-electron chi connectivity index (χ2n) is 6.37. The van der Waals surface area contributed by atoms with Crippen LogP contribution in [0.25, 0.3) is 0 Å². The predicted molar refractivity (Wildman–Crippen MR) is 94.6 cm³/mol. The first-order valence-corrected chi connectivity index (χ1v) is 8.71. The lowest BCUT2D eigenvalue weighted by atomic mass is 9.81. The molecule has 21 heavy (non-hydrogen) atoms. The van der Waals surface area contributed by atoms with Crippen LogP contribution in [0.5, 0.6) is 0 Å². The summed E-state index contributed by atoms with van der Waals surface area (Å²) >= 11 is 7.81. The van der Waals surface area contributed by atoms with Gasteiger partial charge in [-0.3, -0.25) is 0 Å². The van der Waals surface area contributed by atoms with Gasteiger partial charge in [-0.1, -0.05) is 63.6 Å². The zero-order valence-corrected chi connectivity index (χ0v) is 14.8. The summed E-state index contributed by atoms with van der Waals surface area (Å²) in [5, 5.41) is 3.68. The van der Waals surface area contributed by atoms with Crippen molar-refractivity contribution in [3.05, 3.63) is 56.7 Å². The van der Waals surface area contributed by atoms with Crippen molar-refractivity contribution in [3.63, 3.8) is 0 Å². The number of benzene rings is 1. The molecule has 114 valence electrons. The van der Waals surface area contributed by atoms with E-state index < -0.39 is 0 Å². The number of rotatable bonds is 5. The van der Waals surface area contributed by atoms with E-state index in [-0.39, 0.29) is 11.5 Å². The highest BCUT2D eigenvalue weighted by atomic mass is 35.5. The number of hydrogen-bond acceptors (Lipinski definition) is 2. The van der Waals surface area contributed by atoms with Crippen LogP contribution in [-0.2, 0) is 5.41 Å². The van der Waals surface area contributed by atoms with Crippen LogP contribution in [0.1, 0.15) is 56.2 Å². The molecule has 2 rings (SSSR count). The molecule has 0 radical (unpaired) electrons. The van der Waals surface area contributed by atoms with Gasteiger partial charge in [-0.25, -0.2) is 0 Å². The number of halogens is 1. The van der Waals surface area contributed by atoms with Gasteiger partial charge in [-0.15, -0.1) is 11.3 Å². The first-order chi connectivity index (χ1) is 9.93. The van der Waals surface area contributed by atoms with Gasteiger partial charge in [0.1, 0.15) is 0 Å².